The summed E-state index contributed by atoms with van der Waals surface area (Å²) in [6.07, 6.45) is 0.491. The van der Waals surface area contributed by atoms with Crippen LogP contribution in [0.1, 0.15) is 26.5 Å². The van der Waals surface area contributed by atoms with Crippen molar-refractivity contribution < 1.29 is 14.3 Å². The fourth-order valence-electron chi connectivity index (χ4n) is 3.50. The molecule has 7 heteroatoms. The summed E-state index contributed by atoms with van der Waals surface area (Å²) in [4.78, 5) is 30.0. The first-order valence-electron chi connectivity index (χ1n) is 10.2. The average molecular weight is 448 g/mol. The van der Waals surface area contributed by atoms with Crippen molar-refractivity contribution in [3.05, 3.63) is 94.8 Å². The molecule has 0 aliphatic heterocycles. The number of amides is 1. The highest BCUT2D eigenvalue weighted by atomic mass is 35.5. The normalized spacial score (nSPS) is 10.8. The molecule has 0 atom stereocenters. The van der Waals surface area contributed by atoms with Gasteiger partial charge in [0.1, 0.15) is 11.6 Å². The number of halogens is 1. The summed E-state index contributed by atoms with van der Waals surface area (Å²) in [5.41, 5.74) is 2.84. The number of hydrogen-bond acceptors (Lipinski definition) is 4. The van der Waals surface area contributed by atoms with E-state index in [2.05, 4.69) is 10.3 Å². The number of nitrogens with zero attached hydrogens (tertiary/aromatic N) is 2. The number of fused-ring (bicyclic) bond motifs is 1. The third kappa shape index (κ3) is 4.81. The number of nitrogens with one attached hydrogen (secondary N) is 1. The quantitative estimate of drug-likeness (QED) is 0.402. The first-order chi connectivity index (χ1) is 15.5. The molecule has 162 valence electrons. The monoisotopic (exact) mass is 447 g/mol. The molecule has 0 aliphatic rings. The van der Waals surface area contributed by atoms with Crippen LogP contribution in [0.2, 0.25) is 5.02 Å². The van der Waals surface area contributed by atoms with Crippen molar-refractivity contribution in [3.63, 3.8) is 0 Å². The first-order valence-corrected chi connectivity index (χ1v) is 10.6. The molecular formula is C25H22ClN3O3. The number of aromatic nitrogens is 2. The number of benzene rings is 3. The van der Waals surface area contributed by atoms with Crippen LogP contribution in [0.25, 0.3) is 11.0 Å². The lowest BCUT2D eigenvalue weighted by Gasteiger charge is -2.10. The zero-order chi connectivity index (χ0) is 22.5. The lowest BCUT2D eigenvalue weighted by Crippen LogP contribution is -2.26. The molecule has 0 spiro atoms. The van der Waals surface area contributed by atoms with Gasteiger partial charge in [-0.15, -0.1) is 0 Å². The van der Waals surface area contributed by atoms with E-state index in [9.17, 15) is 9.59 Å². The van der Waals surface area contributed by atoms with Crippen LogP contribution in [0.5, 0.6) is 5.75 Å². The summed E-state index contributed by atoms with van der Waals surface area (Å²) in [5.74, 6) is 1.23. The van der Waals surface area contributed by atoms with E-state index in [-0.39, 0.29) is 18.2 Å². The Kier molecular flexibility index (Phi) is 6.52. The van der Waals surface area contributed by atoms with E-state index in [1.54, 1.807) is 55.6 Å². The fourth-order valence-corrected chi connectivity index (χ4v) is 3.62. The Morgan fingerprint density at radius 2 is 1.66 bits per heavy atom. The van der Waals surface area contributed by atoms with Crippen LogP contribution in [0, 0.1) is 0 Å². The summed E-state index contributed by atoms with van der Waals surface area (Å²) < 4.78 is 7.03. The average Bonchev–Trinajstić information content (AvgIpc) is 3.16. The summed E-state index contributed by atoms with van der Waals surface area (Å²) in [5, 5.41) is 3.50. The van der Waals surface area contributed by atoms with Gasteiger partial charge in [0.2, 0.25) is 0 Å². The molecule has 1 aromatic heterocycles. The summed E-state index contributed by atoms with van der Waals surface area (Å²) in [7, 11) is 1.58. The molecule has 0 bridgehead atoms. The number of imidazole rings is 1. The molecule has 0 fully saturated rings. The molecule has 0 aliphatic carbocycles. The maximum Gasteiger partial charge on any atom is 0.251 e. The van der Waals surface area contributed by atoms with Gasteiger partial charge < -0.3 is 14.6 Å². The predicted octanol–water partition coefficient (Wildman–Crippen LogP) is 4.55. The zero-order valence-corrected chi connectivity index (χ0v) is 18.3. The van der Waals surface area contributed by atoms with Gasteiger partial charge in [-0.25, -0.2) is 4.98 Å². The van der Waals surface area contributed by atoms with Gasteiger partial charge in [0.05, 0.1) is 24.7 Å². The van der Waals surface area contributed by atoms with Gasteiger partial charge in [-0.3, -0.25) is 9.59 Å². The van der Waals surface area contributed by atoms with Crippen molar-refractivity contribution in [3.8, 4) is 5.75 Å². The number of carbonyl (C=O) groups excluding carboxylic acids is 2. The second-order valence-electron chi connectivity index (χ2n) is 7.27. The van der Waals surface area contributed by atoms with E-state index in [4.69, 9.17) is 16.3 Å². The molecule has 0 saturated heterocycles. The maximum absolute atomic E-state index is 12.9. The Bertz CT molecular complexity index is 1250. The molecule has 3 aromatic carbocycles. The molecule has 32 heavy (non-hydrogen) atoms. The van der Waals surface area contributed by atoms with Crippen LogP contribution in [0.3, 0.4) is 0 Å². The van der Waals surface area contributed by atoms with Crippen LogP contribution in [0.15, 0.2) is 72.8 Å². The Balaban J connectivity index is 1.49. The van der Waals surface area contributed by atoms with Gasteiger partial charge in [-0.1, -0.05) is 23.7 Å². The van der Waals surface area contributed by atoms with E-state index < -0.39 is 0 Å². The van der Waals surface area contributed by atoms with Crippen LogP contribution in [0.4, 0.5) is 0 Å². The van der Waals surface area contributed by atoms with Crippen LogP contribution in [-0.4, -0.2) is 34.9 Å². The highest BCUT2D eigenvalue weighted by Gasteiger charge is 2.15. The van der Waals surface area contributed by atoms with E-state index in [0.29, 0.717) is 34.9 Å². The number of methoxy groups -OCH3 is 1. The number of ether oxygens (including phenoxy) is 1. The van der Waals surface area contributed by atoms with Crippen molar-refractivity contribution in [1.82, 2.24) is 14.9 Å². The molecular weight excluding hydrogens is 426 g/mol. The maximum atomic E-state index is 12.9. The second kappa shape index (κ2) is 9.66. The summed E-state index contributed by atoms with van der Waals surface area (Å²) in [6, 6.07) is 21.5. The topological polar surface area (TPSA) is 73.2 Å². The van der Waals surface area contributed by atoms with Gasteiger partial charge >= 0.3 is 0 Å². The van der Waals surface area contributed by atoms with Crippen molar-refractivity contribution in [2.45, 2.75) is 13.0 Å². The Morgan fingerprint density at radius 3 is 2.38 bits per heavy atom. The fraction of sp³-hybridized carbons (Fsp3) is 0.160. The van der Waals surface area contributed by atoms with Crippen LogP contribution in [-0.2, 0) is 13.0 Å². The predicted molar refractivity (Wildman–Crippen MR) is 125 cm³/mol. The van der Waals surface area contributed by atoms with E-state index in [0.717, 1.165) is 16.9 Å². The van der Waals surface area contributed by atoms with Crippen LogP contribution < -0.4 is 10.1 Å². The molecule has 6 nitrogen and oxygen atoms in total. The Morgan fingerprint density at radius 1 is 0.969 bits per heavy atom. The van der Waals surface area contributed by atoms with Gasteiger partial charge in [-0.05, 0) is 60.7 Å². The number of para-hydroxylation sites is 2. The van der Waals surface area contributed by atoms with Gasteiger partial charge in [0, 0.05) is 29.1 Å². The number of Topliss-reactive ketones (excluding diaryl/α,β-unsaturated/α-hetero) is 1. The van der Waals surface area contributed by atoms with Crippen molar-refractivity contribution >= 4 is 34.3 Å². The molecule has 4 rings (SSSR count). The molecule has 0 radical (unpaired) electrons. The molecule has 0 saturated carbocycles. The molecule has 1 amide bonds. The van der Waals surface area contributed by atoms with Gasteiger partial charge in [0.25, 0.3) is 5.91 Å². The van der Waals surface area contributed by atoms with Gasteiger partial charge in [-0.2, -0.15) is 0 Å². The van der Waals surface area contributed by atoms with E-state index >= 15 is 0 Å². The number of hydrogen-bond donors (Lipinski definition) is 1. The lowest BCUT2D eigenvalue weighted by molar-refractivity contribution is 0.0948. The Hall–Kier alpha value is -3.64. The number of carbonyl (C=O) groups is 2. The van der Waals surface area contributed by atoms with Crippen molar-refractivity contribution in [1.29, 1.82) is 0 Å². The van der Waals surface area contributed by atoms with Crippen LogP contribution >= 0.6 is 11.6 Å². The van der Waals surface area contributed by atoms with E-state index in [1.165, 1.54) is 0 Å². The molecule has 0 unspecified atom stereocenters. The largest absolute Gasteiger partial charge is 0.497 e. The molecule has 1 heterocycles. The summed E-state index contributed by atoms with van der Waals surface area (Å²) in [6.45, 7) is 0.549. The summed E-state index contributed by atoms with van der Waals surface area (Å²) >= 11 is 5.94. The van der Waals surface area contributed by atoms with Crippen molar-refractivity contribution in [2.24, 2.45) is 0 Å². The highest BCUT2D eigenvalue weighted by Crippen LogP contribution is 2.18. The minimum absolute atomic E-state index is 0.0339. The molecule has 1 N–H and O–H groups in total. The lowest BCUT2D eigenvalue weighted by atomic mass is 10.1. The highest BCUT2D eigenvalue weighted by molar-refractivity contribution is 6.30. The number of ketones is 1. The zero-order valence-electron chi connectivity index (χ0n) is 17.5. The minimum Gasteiger partial charge on any atom is -0.497 e. The standard InChI is InChI=1S/C25H22ClN3O3/c1-32-20-12-8-18(9-13-20)25(31)27-15-14-24-28-21-4-2-3-5-22(21)29(24)16-23(30)17-6-10-19(26)11-7-17/h2-13H,14-16H2,1H3,(H,27,31). The van der Waals surface area contributed by atoms with E-state index in [1.807, 2.05) is 28.8 Å². The first kappa shape index (κ1) is 21.6. The smallest absolute Gasteiger partial charge is 0.251 e. The van der Waals surface area contributed by atoms with Crippen molar-refractivity contribution in [2.75, 3.05) is 13.7 Å². The minimum atomic E-state index is -0.174. The molecule has 4 aromatic rings. The third-order valence-electron chi connectivity index (χ3n) is 5.19. The SMILES string of the molecule is COc1ccc(C(=O)NCCc2nc3ccccc3n2CC(=O)c2ccc(Cl)cc2)cc1. The van der Waals surface area contributed by atoms with Gasteiger partial charge in [0.15, 0.2) is 5.78 Å². The number of rotatable bonds is 8. The Labute approximate surface area is 190 Å². The second-order valence-corrected chi connectivity index (χ2v) is 7.70. The third-order valence-corrected chi connectivity index (χ3v) is 5.44.